The second-order valence-corrected chi connectivity index (χ2v) is 15.1. The van der Waals surface area contributed by atoms with Gasteiger partial charge in [0.2, 0.25) is 23.6 Å². The summed E-state index contributed by atoms with van der Waals surface area (Å²) in [5.41, 5.74) is 0. The van der Waals surface area contributed by atoms with Crippen molar-refractivity contribution in [2.24, 2.45) is 0 Å². The van der Waals surface area contributed by atoms with Crippen molar-refractivity contribution in [3.63, 3.8) is 0 Å². The van der Waals surface area contributed by atoms with Crippen LogP contribution in [0.2, 0.25) is 0 Å². The molecule has 0 aromatic carbocycles. The molecule has 6 fully saturated rings. The Morgan fingerprint density at radius 3 is 0.566 bits per heavy atom. The molecule has 4 amide bonds. The molecule has 17 heteroatoms. The van der Waals surface area contributed by atoms with Gasteiger partial charge in [-0.1, -0.05) is 26.3 Å². The van der Waals surface area contributed by atoms with Gasteiger partial charge in [0, 0.05) is 0 Å². The van der Waals surface area contributed by atoms with Crippen molar-refractivity contribution < 1.29 is 92.2 Å². The molecule has 6 aliphatic rings. The van der Waals surface area contributed by atoms with Crippen molar-refractivity contribution in [1.29, 1.82) is 0 Å². The number of hydrogen-bond donors (Lipinski definition) is 0. The van der Waals surface area contributed by atoms with Gasteiger partial charge in [0.25, 0.3) is 0 Å². The molecule has 0 saturated carbocycles. The van der Waals surface area contributed by atoms with E-state index in [1.54, 1.807) is 0 Å². The lowest BCUT2D eigenvalue weighted by Gasteiger charge is -2.54. The largest absolute Gasteiger partial charge is 1.00 e. The number of nitrogens with zero attached hydrogens (tertiary/aromatic N) is 8. The van der Waals surface area contributed by atoms with Gasteiger partial charge in [-0.3, -0.25) is 19.2 Å². The van der Waals surface area contributed by atoms with E-state index < -0.39 is 0 Å². The summed E-state index contributed by atoms with van der Waals surface area (Å²) in [7, 11) is 0. The zero-order valence-electron chi connectivity index (χ0n) is 31.3. The standard InChI is InChI=1S/2C18H30N4O2.4ClH.H2O/c2*1-3-17(23)19-5-9-21(10-6-19)13-15-22(16-14-21)11-7-20(8-12-22)18(24)4-2;;;;;/h2*3-4H,1-2,5-16H2;4*1H;1H2/q2*+2;;;;;/p-4. The highest BCUT2D eigenvalue weighted by Crippen LogP contribution is 2.26. The van der Waals surface area contributed by atoms with Crippen LogP contribution in [0.15, 0.2) is 50.6 Å². The van der Waals surface area contributed by atoms with Gasteiger partial charge in [-0.2, -0.15) is 0 Å². The third-order valence-corrected chi connectivity index (χ3v) is 12.9. The fraction of sp³-hybridized carbons (Fsp3) is 0.667. The first-order chi connectivity index (χ1) is 23.0. The molecule has 0 atom stereocenters. The van der Waals surface area contributed by atoms with Gasteiger partial charge in [-0.05, 0) is 24.3 Å². The number of piperazine rings is 6. The van der Waals surface area contributed by atoms with E-state index in [-0.39, 0.29) is 78.7 Å². The van der Waals surface area contributed by atoms with Crippen LogP contribution < -0.4 is 49.6 Å². The molecule has 6 saturated heterocycles. The molecule has 13 nitrogen and oxygen atoms in total. The molecular weight excluding hydrogens is 766 g/mol. The lowest BCUT2D eigenvalue weighted by atomic mass is 10.1. The second kappa shape index (κ2) is 21.8. The topological polar surface area (TPSA) is 113 Å². The zero-order valence-corrected chi connectivity index (χ0v) is 34.4. The third kappa shape index (κ3) is 11.9. The van der Waals surface area contributed by atoms with Crippen LogP contribution >= 0.6 is 0 Å². The number of rotatable bonds is 4. The Labute approximate surface area is 341 Å². The van der Waals surface area contributed by atoms with Crippen LogP contribution in [-0.2, 0) is 19.2 Å². The van der Waals surface area contributed by atoms with E-state index in [0.29, 0.717) is 0 Å². The van der Waals surface area contributed by atoms with Gasteiger partial charge < -0.3 is 92.6 Å². The Morgan fingerprint density at radius 1 is 0.321 bits per heavy atom. The Kier molecular flexibility index (Phi) is 20.9. The van der Waals surface area contributed by atoms with Crippen LogP contribution in [0.3, 0.4) is 0 Å². The average Bonchev–Trinajstić information content (AvgIpc) is 3.15. The molecule has 0 aromatic heterocycles. The summed E-state index contributed by atoms with van der Waals surface area (Å²) in [6.07, 6.45) is 5.71. The molecule has 6 rings (SSSR count). The van der Waals surface area contributed by atoms with Crippen LogP contribution in [0.25, 0.3) is 0 Å². The third-order valence-electron chi connectivity index (χ3n) is 12.9. The van der Waals surface area contributed by atoms with Crippen LogP contribution in [0, 0.1) is 0 Å². The molecule has 0 bridgehead atoms. The van der Waals surface area contributed by atoms with Crippen LogP contribution in [0.1, 0.15) is 0 Å². The zero-order chi connectivity index (χ0) is 34.4. The summed E-state index contributed by atoms with van der Waals surface area (Å²) in [5, 5.41) is 0. The molecule has 0 unspecified atom stereocenters. The van der Waals surface area contributed by atoms with E-state index in [4.69, 9.17) is 0 Å². The van der Waals surface area contributed by atoms with E-state index in [2.05, 4.69) is 26.3 Å². The Morgan fingerprint density at radius 2 is 0.453 bits per heavy atom. The van der Waals surface area contributed by atoms with Gasteiger partial charge in [-0.15, -0.1) is 0 Å². The van der Waals surface area contributed by atoms with E-state index in [9.17, 15) is 19.2 Å². The van der Waals surface area contributed by atoms with Gasteiger partial charge >= 0.3 is 0 Å². The minimum atomic E-state index is 0. The quantitative estimate of drug-likeness (QED) is 0.207. The number of hydrogen-bond acceptors (Lipinski definition) is 4. The molecule has 6 heterocycles. The first-order valence-corrected chi connectivity index (χ1v) is 18.1. The minimum Gasteiger partial charge on any atom is -1.00 e. The summed E-state index contributed by atoms with van der Waals surface area (Å²) < 4.78 is 4.65. The average molecular weight is 829 g/mol. The maximum absolute atomic E-state index is 11.7. The van der Waals surface area contributed by atoms with Gasteiger partial charge in [0.1, 0.15) is 52.4 Å². The van der Waals surface area contributed by atoms with E-state index in [1.165, 1.54) is 76.7 Å². The van der Waals surface area contributed by atoms with Crippen LogP contribution in [0.4, 0.5) is 0 Å². The maximum atomic E-state index is 11.7. The number of carbonyl (C=O) groups is 4. The van der Waals surface area contributed by atoms with E-state index >= 15 is 0 Å². The monoisotopic (exact) mass is 826 g/mol. The molecule has 0 aromatic rings. The molecule has 4 spiro atoms. The van der Waals surface area contributed by atoms with Gasteiger partial charge in [-0.25, -0.2) is 0 Å². The minimum absolute atomic E-state index is 0. The lowest BCUT2D eigenvalue weighted by Crippen LogP contribution is -3.00. The predicted molar refractivity (Wildman–Crippen MR) is 190 cm³/mol. The molecule has 6 aliphatic heterocycles. The van der Waals surface area contributed by atoms with E-state index in [0.717, 1.165) is 123 Å². The first kappa shape index (κ1) is 50.8. The normalized spacial score (nSPS) is 23.1. The smallest absolute Gasteiger partial charge is 0.246 e. The van der Waals surface area contributed by atoms with Gasteiger partial charge in [0.15, 0.2) is 0 Å². The van der Waals surface area contributed by atoms with Crippen molar-refractivity contribution in [2.75, 3.05) is 157 Å². The van der Waals surface area contributed by atoms with Crippen LogP contribution in [-0.4, -0.2) is 224 Å². The van der Waals surface area contributed by atoms with E-state index in [1.807, 2.05) is 19.6 Å². The lowest BCUT2D eigenvalue weighted by molar-refractivity contribution is -1.03. The Balaban J connectivity index is 0.000000932. The highest BCUT2D eigenvalue weighted by molar-refractivity contribution is 5.88. The number of halogens is 4. The second-order valence-electron chi connectivity index (χ2n) is 15.1. The molecule has 53 heavy (non-hydrogen) atoms. The molecule has 0 aliphatic carbocycles. The number of quaternary nitrogens is 4. The summed E-state index contributed by atoms with van der Waals surface area (Å²) in [4.78, 5) is 54.7. The van der Waals surface area contributed by atoms with Crippen molar-refractivity contribution in [3.05, 3.63) is 50.6 Å². The summed E-state index contributed by atoms with van der Waals surface area (Å²) in [6, 6.07) is 0. The fourth-order valence-corrected chi connectivity index (χ4v) is 8.89. The Bertz CT molecular complexity index is 1060. The summed E-state index contributed by atoms with van der Waals surface area (Å²) in [6.45, 7) is 39.3. The van der Waals surface area contributed by atoms with Crippen molar-refractivity contribution >= 4 is 23.6 Å². The van der Waals surface area contributed by atoms with Crippen molar-refractivity contribution in [2.45, 2.75) is 0 Å². The maximum Gasteiger partial charge on any atom is 0.246 e. The number of carbonyl (C=O) groups excluding carboxylic acids is 4. The van der Waals surface area contributed by atoms with Crippen LogP contribution in [0.5, 0.6) is 0 Å². The summed E-state index contributed by atoms with van der Waals surface area (Å²) in [5.74, 6) is 0.264. The highest BCUT2D eigenvalue weighted by Gasteiger charge is 2.47. The molecule has 0 radical (unpaired) electrons. The summed E-state index contributed by atoms with van der Waals surface area (Å²) >= 11 is 0. The fourth-order valence-electron chi connectivity index (χ4n) is 8.89. The molecule has 2 N–H and O–H groups in total. The van der Waals surface area contributed by atoms with Crippen molar-refractivity contribution in [3.8, 4) is 0 Å². The van der Waals surface area contributed by atoms with Gasteiger partial charge in [0.05, 0.1) is 105 Å². The predicted octanol–water partition coefficient (Wildman–Crippen LogP) is -13.4. The Hall–Kier alpha value is -2.20. The SMILES string of the molecule is C=CC(=O)N1CC[N+]2(CC1)CC[N+]1(CCN(C(=O)C=C)CC1)CC2.C=CC(=O)N1CC[N+]2(CC1)CC[N+]1(CCN(C(=O)C=C)CC1)CC2.O.[Cl-].[Cl-].[Cl-].[Cl-]. The van der Waals surface area contributed by atoms with Crippen molar-refractivity contribution in [1.82, 2.24) is 19.6 Å². The highest BCUT2D eigenvalue weighted by atomic mass is 35.5. The first-order valence-electron chi connectivity index (χ1n) is 18.1. The number of amides is 4. The molecule has 304 valence electrons. The molecular formula is C36H62Cl4N8O5.